The van der Waals surface area contributed by atoms with Gasteiger partial charge >= 0.3 is 0 Å². The van der Waals surface area contributed by atoms with Gasteiger partial charge in [0.2, 0.25) is 0 Å². The van der Waals surface area contributed by atoms with Gasteiger partial charge < -0.3 is 9.88 Å². The Bertz CT molecular complexity index is 422. The summed E-state index contributed by atoms with van der Waals surface area (Å²) in [5.41, 5.74) is -0.0893. The molecule has 1 atom stereocenters. The van der Waals surface area contributed by atoms with Crippen molar-refractivity contribution in [2.75, 3.05) is 11.2 Å². The monoisotopic (exact) mass is 257 g/mol. The van der Waals surface area contributed by atoms with Crippen molar-refractivity contribution in [3.8, 4) is 0 Å². The summed E-state index contributed by atoms with van der Waals surface area (Å²) in [7, 11) is 1.71. The van der Waals surface area contributed by atoms with Crippen LogP contribution in [-0.4, -0.2) is 21.5 Å². The van der Waals surface area contributed by atoms with Crippen molar-refractivity contribution in [2.24, 2.45) is 12.5 Å². The zero-order valence-corrected chi connectivity index (χ0v) is 11.6. The van der Waals surface area contributed by atoms with Gasteiger partial charge in [-0.15, -0.1) is 11.6 Å². The summed E-state index contributed by atoms with van der Waals surface area (Å²) in [6.45, 7) is 6.35. The Hall–Kier alpha value is -1.03. The third-order valence-electron chi connectivity index (χ3n) is 2.77. The highest BCUT2D eigenvalue weighted by atomic mass is 35.5. The van der Waals surface area contributed by atoms with E-state index in [9.17, 15) is 4.79 Å². The molecule has 0 amide bonds. The topological polar surface area (TPSA) is 46.9 Å². The number of halogens is 1. The van der Waals surface area contributed by atoms with Crippen molar-refractivity contribution >= 4 is 17.4 Å². The number of nitrogens with zero attached hydrogens (tertiary/aromatic N) is 2. The van der Waals surface area contributed by atoms with Gasteiger partial charge in [0.25, 0.3) is 5.56 Å². The van der Waals surface area contributed by atoms with Gasteiger partial charge in [-0.25, -0.2) is 4.98 Å². The van der Waals surface area contributed by atoms with Gasteiger partial charge in [0, 0.05) is 31.4 Å². The maximum atomic E-state index is 11.8. The molecule has 1 aromatic heterocycles. The number of hydrogen-bond donors (Lipinski definition) is 1. The molecule has 0 spiro atoms. The molecule has 1 N–H and O–H groups in total. The van der Waals surface area contributed by atoms with E-state index in [2.05, 4.69) is 31.1 Å². The Morgan fingerprint density at radius 3 is 2.71 bits per heavy atom. The van der Waals surface area contributed by atoms with E-state index in [1.165, 1.54) is 4.57 Å². The average Bonchev–Trinajstić information content (AvgIpc) is 2.22. The third kappa shape index (κ3) is 3.73. The Morgan fingerprint density at radius 1 is 1.53 bits per heavy atom. The first-order valence-corrected chi connectivity index (χ1v) is 6.24. The van der Waals surface area contributed by atoms with Gasteiger partial charge in [-0.1, -0.05) is 20.8 Å². The van der Waals surface area contributed by atoms with Crippen molar-refractivity contribution in [1.29, 1.82) is 0 Å². The minimum atomic E-state index is -0.115. The maximum Gasteiger partial charge on any atom is 0.293 e. The van der Waals surface area contributed by atoms with Gasteiger partial charge in [0.15, 0.2) is 5.82 Å². The summed E-state index contributed by atoms with van der Waals surface area (Å²) in [5.74, 6) is 0.947. The molecular weight excluding hydrogens is 238 g/mol. The Morgan fingerprint density at radius 2 is 2.18 bits per heavy atom. The fraction of sp³-hybridized carbons (Fsp3) is 0.667. The molecule has 5 heteroatoms. The number of hydrogen-bond acceptors (Lipinski definition) is 3. The van der Waals surface area contributed by atoms with E-state index in [0.717, 1.165) is 6.42 Å². The van der Waals surface area contributed by atoms with Gasteiger partial charge in [0.1, 0.15) is 0 Å². The lowest BCUT2D eigenvalue weighted by Gasteiger charge is -2.31. The molecule has 0 bridgehead atoms. The summed E-state index contributed by atoms with van der Waals surface area (Å²) in [6, 6.07) is 0.127. The minimum absolute atomic E-state index is 0.0252. The summed E-state index contributed by atoms with van der Waals surface area (Å²) >= 11 is 5.80. The summed E-state index contributed by atoms with van der Waals surface area (Å²) in [6.07, 6.45) is 4.05. The molecule has 0 saturated carbocycles. The SMILES string of the molecule is Cn1ccnc(NC(CCCl)C(C)(C)C)c1=O. The van der Waals surface area contributed by atoms with Crippen molar-refractivity contribution in [3.05, 3.63) is 22.7 Å². The highest BCUT2D eigenvalue weighted by molar-refractivity contribution is 6.17. The molecule has 1 aromatic rings. The number of alkyl halides is 1. The predicted molar refractivity (Wildman–Crippen MR) is 71.7 cm³/mol. The summed E-state index contributed by atoms with van der Waals surface area (Å²) < 4.78 is 1.51. The molecule has 0 aromatic carbocycles. The van der Waals surface area contributed by atoms with E-state index in [4.69, 9.17) is 11.6 Å². The molecule has 1 rings (SSSR count). The zero-order chi connectivity index (χ0) is 13.1. The number of rotatable bonds is 4. The molecule has 0 aliphatic carbocycles. The van der Waals surface area contributed by atoms with E-state index in [1.807, 2.05) is 0 Å². The van der Waals surface area contributed by atoms with Crippen molar-refractivity contribution < 1.29 is 0 Å². The van der Waals surface area contributed by atoms with Crippen LogP contribution in [-0.2, 0) is 7.05 Å². The van der Waals surface area contributed by atoms with Crippen LogP contribution in [0.2, 0.25) is 0 Å². The molecule has 17 heavy (non-hydrogen) atoms. The molecule has 0 saturated heterocycles. The Balaban J connectivity index is 2.94. The number of aryl methyl sites for hydroxylation is 1. The van der Waals surface area contributed by atoms with E-state index in [0.29, 0.717) is 11.7 Å². The maximum absolute atomic E-state index is 11.8. The largest absolute Gasteiger partial charge is 0.362 e. The molecular formula is C12H20ClN3O. The molecule has 0 fully saturated rings. The van der Waals surface area contributed by atoms with Gasteiger partial charge in [-0.05, 0) is 11.8 Å². The molecule has 0 aliphatic heterocycles. The van der Waals surface area contributed by atoms with Crippen LogP contribution < -0.4 is 10.9 Å². The molecule has 0 aliphatic rings. The lowest BCUT2D eigenvalue weighted by molar-refractivity contribution is 0.333. The van der Waals surface area contributed by atoms with E-state index in [-0.39, 0.29) is 17.0 Å². The average molecular weight is 258 g/mol. The quantitative estimate of drug-likeness (QED) is 0.842. The first kappa shape index (κ1) is 14.0. The van der Waals surface area contributed by atoms with Crippen molar-refractivity contribution in [3.63, 3.8) is 0 Å². The zero-order valence-electron chi connectivity index (χ0n) is 10.8. The predicted octanol–water partition coefficient (Wildman–Crippen LogP) is 2.24. The highest BCUT2D eigenvalue weighted by Crippen LogP contribution is 2.24. The van der Waals surface area contributed by atoms with Gasteiger partial charge in [0.05, 0.1) is 0 Å². The lowest BCUT2D eigenvalue weighted by Crippen LogP contribution is -2.37. The second-order valence-corrected chi connectivity index (χ2v) is 5.61. The first-order chi connectivity index (χ1) is 7.86. The third-order valence-corrected chi connectivity index (χ3v) is 2.99. The lowest BCUT2D eigenvalue weighted by atomic mass is 9.85. The molecule has 96 valence electrons. The highest BCUT2D eigenvalue weighted by Gasteiger charge is 2.25. The number of nitrogens with one attached hydrogen (secondary N) is 1. The Kier molecular flexibility index (Phi) is 4.57. The van der Waals surface area contributed by atoms with Crippen LogP contribution in [0.1, 0.15) is 27.2 Å². The summed E-state index contributed by atoms with van der Waals surface area (Å²) in [4.78, 5) is 15.9. The number of anilines is 1. The van der Waals surface area contributed by atoms with Crippen LogP contribution in [0.15, 0.2) is 17.2 Å². The minimum Gasteiger partial charge on any atom is -0.362 e. The van der Waals surface area contributed by atoms with Crippen LogP contribution in [0.3, 0.4) is 0 Å². The molecule has 4 nitrogen and oxygen atoms in total. The van der Waals surface area contributed by atoms with Crippen molar-refractivity contribution in [1.82, 2.24) is 9.55 Å². The van der Waals surface area contributed by atoms with Crippen LogP contribution in [0.25, 0.3) is 0 Å². The first-order valence-electron chi connectivity index (χ1n) is 5.70. The van der Waals surface area contributed by atoms with Crippen molar-refractivity contribution in [2.45, 2.75) is 33.2 Å². The van der Waals surface area contributed by atoms with Gasteiger partial charge in [-0.3, -0.25) is 4.79 Å². The Labute approximate surface area is 107 Å². The second kappa shape index (κ2) is 5.54. The second-order valence-electron chi connectivity index (χ2n) is 5.23. The van der Waals surface area contributed by atoms with Crippen LogP contribution in [0, 0.1) is 5.41 Å². The van der Waals surface area contributed by atoms with Crippen LogP contribution in [0.4, 0.5) is 5.82 Å². The summed E-state index contributed by atoms with van der Waals surface area (Å²) in [5, 5.41) is 3.20. The fourth-order valence-electron chi connectivity index (χ4n) is 1.59. The van der Waals surface area contributed by atoms with Gasteiger partial charge in [-0.2, -0.15) is 0 Å². The molecule has 1 heterocycles. The standard InChI is InChI=1S/C12H20ClN3O/c1-12(2,3)9(5-6-13)15-10-11(17)16(4)8-7-14-10/h7-9H,5-6H2,1-4H3,(H,14,15). The van der Waals surface area contributed by atoms with E-state index >= 15 is 0 Å². The van der Waals surface area contributed by atoms with Crippen LogP contribution >= 0.6 is 11.6 Å². The van der Waals surface area contributed by atoms with E-state index < -0.39 is 0 Å². The molecule has 1 unspecified atom stereocenters. The molecule has 0 radical (unpaired) electrons. The van der Waals surface area contributed by atoms with Crippen LogP contribution in [0.5, 0.6) is 0 Å². The smallest absolute Gasteiger partial charge is 0.293 e. The fourth-order valence-corrected chi connectivity index (χ4v) is 1.81. The number of aromatic nitrogens is 2. The van der Waals surface area contributed by atoms with E-state index in [1.54, 1.807) is 19.4 Å². The normalized spacial score (nSPS) is 13.5.